The summed E-state index contributed by atoms with van der Waals surface area (Å²) in [5.41, 5.74) is 4.55. The number of hydrogen-bond acceptors (Lipinski definition) is 9. The number of aliphatic hydroxyl groups excluding tert-OH is 1. The molecule has 0 spiro atoms. The van der Waals surface area contributed by atoms with Gasteiger partial charge in [0.15, 0.2) is 24.1 Å². The largest absolute Gasteiger partial charge is 0.493 e. The molecule has 0 saturated carbocycles. The molecule has 9 heteroatoms. The van der Waals surface area contributed by atoms with Gasteiger partial charge in [0.2, 0.25) is 5.75 Å². The van der Waals surface area contributed by atoms with Crippen LogP contribution < -0.4 is 23.7 Å². The van der Waals surface area contributed by atoms with E-state index >= 15 is 0 Å². The molecule has 0 saturated heterocycles. The van der Waals surface area contributed by atoms with Gasteiger partial charge in [0, 0.05) is 36.5 Å². The Morgan fingerprint density at radius 1 is 0.652 bits per heavy atom. The summed E-state index contributed by atoms with van der Waals surface area (Å²) in [5.74, 6) is 2.29. The smallest absolute Gasteiger partial charge is 0.203 e. The lowest BCUT2D eigenvalue weighted by atomic mass is 9.88. The van der Waals surface area contributed by atoms with E-state index in [0.717, 1.165) is 28.0 Å². The molecule has 0 bridgehead atoms. The second-order valence-corrected chi connectivity index (χ2v) is 9.87. The van der Waals surface area contributed by atoms with Crippen LogP contribution in [-0.4, -0.2) is 66.4 Å². The van der Waals surface area contributed by atoms with E-state index in [4.69, 9.17) is 23.7 Å². The van der Waals surface area contributed by atoms with Gasteiger partial charge in [0.25, 0.3) is 0 Å². The molecule has 1 unspecified atom stereocenters. The maximum absolute atomic E-state index is 12.1. The third-order valence-corrected chi connectivity index (χ3v) is 7.28. The lowest BCUT2D eigenvalue weighted by molar-refractivity contribution is -0.0877. The summed E-state index contributed by atoms with van der Waals surface area (Å²) in [4.78, 5) is 12.1. The maximum Gasteiger partial charge on any atom is 0.203 e. The number of hydrogen-bond donors (Lipinski definition) is 1. The van der Waals surface area contributed by atoms with Crippen molar-refractivity contribution in [3.63, 3.8) is 0 Å². The van der Waals surface area contributed by atoms with Crippen LogP contribution >= 0.6 is 0 Å². The van der Waals surface area contributed by atoms with Gasteiger partial charge >= 0.3 is 0 Å². The fourth-order valence-electron chi connectivity index (χ4n) is 4.97. The van der Waals surface area contributed by atoms with E-state index < -0.39 is 6.10 Å². The summed E-state index contributed by atoms with van der Waals surface area (Å²) in [6, 6.07) is 22.8. The first kappa shape index (κ1) is 35.9. The zero-order valence-electron chi connectivity index (χ0n) is 27.8. The minimum Gasteiger partial charge on any atom is -0.493 e. The normalized spacial score (nSPS) is 11.3. The Hall–Kier alpha value is -4.57. The Bertz CT molecular complexity index is 1560. The molecule has 4 aromatic carbocycles. The summed E-state index contributed by atoms with van der Waals surface area (Å²) in [7, 11) is 7.62. The Labute approximate surface area is 271 Å². The van der Waals surface area contributed by atoms with Gasteiger partial charge in [-0.25, -0.2) is 0 Å². The Balaban J connectivity index is 0.000000875. The second-order valence-electron chi connectivity index (χ2n) is 9.87. The van der Waals surface area contributed by atoms with Crippen molar-refractivity contribution in [2.24, 2.45) is 0 Å². The van der Waals surface area contributed by atoms with Gasteiger partial charge in [0.05, 0.1) is 34.5 Å². The molecule has 1 atom stereocenters. The molecule has 0 amide bonds. The number of methoxy groups -OCH3 is 5. The zero-order valence-corrected chi connectivity index (χ0v) is 27.8. The van der Waals surface area contributed by atoms with Gasteiger partial charge in [-0.2, -0.15) is 0 Å². The van der Waals surface area contributed by atoms with Crippen molar-refractivity contribution in [2.75, 3.05) is 48.8 Å². The van der Waals surface area contributed by atoms with Gasteiger partial charge in [-0.05, 0) is 61.7 Å². The predicted octanol–water partition coefficient (Wildman–Crippen LogP) is 7.36. The molecule has 0 radical (unpaired) electrons. The predicted molar refractivity (Wildman–Crippen MR) is 179 cm³/mol. The van der Waals surface area contributed by atoms with E-state index in [-0.39, 0.29) is 28.9 Å². The van der Waals surface area contributed by atoms with Crippen LogP contribution in [0.15, 0.2) is 72.8 Å². The van der Waals surface area contributed by atoms with Crippen LogP contribution in [0.25, 0.3) is 22.3 Å². The highest BCUT2D eigenvalue weighted by Crippen LogP contribution is 2.47. The summed E-state index contributed by atoms with van der Waals surface area (Å²) in [6.07, 6.45) is -0.616. The van der Waals surface area contributed by atoms with Gasteiger partial charge in [-0.3, -0.25) is 4.79 Å². The van der Waals surface area contributed by atoms with Gasteiger partial charge < -0.3 is 38.3 Å². The van der Waals surface area contributed by atoms with Gasteiger partial charge in [-0.1, -0.05) is 48.5 Å². The van der Waals surface area contributed by atoms with Crippen molar-refractivity contribution in [1.82, 2.24) is 0 Å². The molecule has 4 rings (SSSR count). The van der Waals surface area contributed by atoms with Crippen LogP contribution in [0.1, 0.15) is 48.4 Å². The molecule has 46 heavy (non-hydrogen) atoms. The van der Waals surface area contributed by atoms with E-state index in [1.54, 1.807) is 14.2 Å². The van der Waals surface area contributed by atoms with Crippen molar-refractivity contribution < 1.29 is 43.1 Å². The minimum atomic E-state index is -1.22. The van der Waals surface area contributed by atoms with E-state index in [1.807, 2.05) is 87.5 Å². The molecule has 0 heterocycles. The first-order chi connectivity index (χ1) is 22.3. The molecule has 0 aliphatic rings. The Morgan fingerprint density at radius 3 is 1.65 bits per heavy atom. The van der Waals surface area contributed by atoms with Crippen molar-refractivity contribution in [3.05, 3.63) is 89.5 Å². The number of carbonyl (C=O) groups excluding carboxylic acids is 1. The first-order valence-electron chi connectivity index (χ1n) is 14.9. The maximum atomic E-state index is 12.1. The number of aliphatic hydroxyl groups is 1. The summed E-state index contributed by atoms with van der Waals surface area (Å²) < 4.78 is 37.9. The number of para-hydroxylation sites is 2. The Kier molecular flexibility index (Phi) is 13.9. The quantitative estimate of drug-likeness (QED) is 0.113. The van der Waals surface area contributed by atoms with Gasteiger partial charge in [0.1, 0.15) is 17.6 Å². The average Bonchev–Trinajstić information content (AvgIpc) is 3.10. The topological polar surface area (TPSA) is 102 Å². The highest BCUT2D eigenvalue weighted by atomic mass is 16.7. The molecule has 0 aliphatic carbocycles. The highest BCUT2D eigenvalue weighted by Gasteiger charge is 2.27. The molecule has 0 aromatic heterocycles. The van der Waals surface area contributed by atoms with Crippen molar-refractivity contribution in [3.8, 4) is 51.0 Å². The van der Waals surface area contributed by atoms with Crippen LogP contribution in [0.2, 0.25) is 0 Å². The van der Waals surface area contributed by atoms with Crippen molar-refractivity contribution in [1.29, 1.82) is 0 Å². The standard InChI is InChI=1S/C33H34O7.C4H10O2/c1-6-39-27-14-10-8-12-24(27)23-17-16-21(18-26(23)25-13-9-11-15-28(25)40-7-2)31(35)30-22(20-34)19-29(36-3)32(37-4)33(30)38-5;1-4(5-2)6-3/h8-20,31,35H,6-7H2,1-5H3;4H,1-3H3. The van der Waals surface area contributed by atoms with Crippen LogP contribution in [0.4, 0.5) is 0 Å². The molecular weight excluding hydrogens is 588 g/mol. The Morgan fingerprint density at radius 2 is 1.20 bits per heavy atom. The number of benzene rings is 4. The van der Waals surface area contributed by atoms with Crippen molar-refractivity contribution in [2.45, 2.75) is 33.2 Å². The molecule has 1 N–H and O–H groups in total. The van der Waals surface area contributed by atoms with E-state index in [9.17, 15) is 9.90 Å². The second kappa shape index (κ2) is 17.8. The van der Waals surface area contributed by atoms with Gasteiger partial charge in [-0.15, -0.1) is 0 Å². The number of carbonyl (C=O) groups is 1. The SMILES string of the molecule is CCOc1ccccc1-c1ccc(C(O)c2c(C=O)cc(OC)c(OC)c2OC)cc1-c1ccccc1OCC.COC(C)OC. The van der Waals surface area contributed by atoms with Crippen LogP contribution in [0, 0.1) is 0 Å². The number of ether oxygens (including phenoxy) is 7. The zero-order chi connectivity index (χ0) is 33.6. The number of aldehydes is 1. The summed E-state index contributed by atoms with van der Waals surface area (Å²) in [6.45, 7) is 6.73. The average molecular weight is 633 g/mol. The number of rotatable bonds is 14. The van der Waals surface area contributed by atoms with Crippen LogP contribution in [-0.2, 0) is 9.47 Å². The first-order valence-corrected chi connectivity index (χ1v) is 14.9. The summed E-state index contributed by atoms with van der Waals surface area (Å²) >= 11 is 0. The third kappa shape index (κ3) is 8.17. The fraction of sp³-hybridized carbons (Fsp3) is 0.324. The molecule has 4 aromatic rings. The van der Waals surface area contributed by atoms with Crippen LogP contribution in [0.3, 0.4) is 0 Å². The molecular formula is C37H44O9. The lowest BCUT2D eigenvalue weighted by Gasteiger charge is -2.23. The molecule has 9 nitrogen and oxygen atoms in total. The highest BCUT2D eigenvalue weighted by molar-refractivity contribution is 5.89. The monoisotopic (exact) mass is 632 g/mol. The van der Waals surface area contributed by atoms with E-state index in [2.05, 4.69) is 9.47 Å². The van der Waals surface area contributed by atoms with Crippen LogP contribution in [0.5, 0.6) is 28.7 Å². The molecule has 246 valence electrons. The molecule has 0 fully saturated rings. The summed E-state index contributed by atoms with van der Waals surface area (Å²) in [5, 5.41) is 11.8. The van der Waals surface area contributed by atoms with E-state index in [1.165, 1.54) is 27.4 Å². The minimum absolute atomic E-state index is 0.0648. The van der Waals surface area contributed by atoms with Crippen molar-refractivity contribution >= 4 is 6.29 Å². The third-order valence-electron chi connectivity index (χ3n) is 7.28. The molecule has 0 aliphatic heterocycles. The van der Waals surface area contributed by atoms with E-state index in [0.29, 0.717) is 36.6 Å². The fourth-order valence-corrected chi connectivity index (χ4v) is 4.97. The lowest BCUT2D eigenvalue weighted by Crippen LogP contribution is -2.09.